The molecule has 0 saturated heterocycles. The highest BCUT2D eigenvalue weighted by atomic mass is 16.5. The molecule has 0 spiro atoms. The number of nitrogens with one attached hydrogen (secondary N) is 1. The van der Waals surface area contributed by atoms with Gasteiger partial charge in [-0.2, -0.15) is 5.26 Å². The van der Waals surface area contributed by atoms with Crippen LogP contribution in [0.2, 0.25) is 0 Å². The maximum atomic E-state index is 8.96. The zero-order valence-electron chi connectivity index (χ0n) is 12.0. The predicted molar refractivity (Wildman–Crippen MR) is 80.9 cm³/mol. The Labute approximate surface area is 119 Å². The zero-order valence-corrected chi connectivity index (χ0v) is 12.0. The van der Waals surface area contributed by atoms with E-state index in [2.05, 4.69) is 24.4 Å². The van der Waals surface area contributed by atoms with Gasteiger partial charge in [-0.1, -0.05) is 18.2 Å². The number of nitrogens with zero attached hydrogens (tertiary/aromatic N) is 1. The molecule has 20 heavy (non-hydrogen) atoms. The molecule has 1 unspecified atom stereocenters. The summed E-state index contributed by atoms with van der Waals surface area (Å²) >= 11 is 0. The summed E-state index contributed by atoms with van der Waals surface area (Å²) in [5, 5.41) is 12.4. The molecule has 0 aliphatic rings. The molecule has 0 amide bonds. The van der Waals surface area contributed by atoms with Gasteiger partial charge in [0.25, 0.3) is 0 Å². The van der Waals surface area contributed by atoms with E-state index >= 15 is 0 Å². The maximum absolute atomic E-state index is 8.96. The molecule has 1 atom stereocenters. The Balaban J connectivity index is 2.25. The molecule has 0 radical (unpaired) electrons. The van der Waals surface area contributed by atoms with Gasteiger partial charge in [0.15, 0.2) is 0 Å². The third-order valence-corrected chi connectivity index (χ3v) is 3.24. The van der Waals surface area contributed by atoms with Gasteiger partial charge in [0, 0.05) is 6.04 Å². The fourth-order valence-electron chi connectivity index (χ4n) is 2.13. The average Bonchev–Trinajstić information content (AvgIpc) is 2.47. The van der Waals surface area contributed by atoms with Crippen molar-refractivity contribution in [3.05, 3.63) is 59.2 Å². The van der Waals surface area contributed by atoms with Gasteiger partial charge in [0.05, 0.1) is 24.4 Å². The van der Waals surface area contributed by atoms with Crippen LogP contribution in [0.5, 0.6) is 5.75 Å². The Hall–Kier alpha value is -2.47. The van der Waals surface area contributed by atoms with Crippen molar-refractivity contribution in [2.45, 2.75) is 19.9 Å². The van der Waals surface area contributed by atoms with E-state index in [1.807, 2.05) is 43.3 Å². The van der Waals surface area contributed by atoms with Gasteiger partial charge in [0.1, 0.15) is 5.75 Å². The second kappa shape index (κ2) is 6.12. The highest BCUT2D eigenvalue weighted by molar-refractivity contribution is 5.59. The second-order valence-electron chi connectivity index (χ2n) is 4.81. The van der Waals surface area contributed by atoms with E-state index < -0.39 is 0 Å². The number of hydrogen-bond acceptors (Lipinski definition) is 3. The Bertz CT molecular complexity index is 644. The van der Waals surface area contributed by atoms with Crippen LogP contribution in [-0.2, 0) is 0 Å². The standard InChI is InChI=1S/C17H18N2O/c1-12-7-8-17(20-3)16(9-12)19-13(2)15-6-4-5-14(10-15)11-18/h4-10,13,19H,1-3H3. The van der Waals surface area contributed by atoms with Gasteiger partial charge in [-0.25, -0.2) is 0 Å². The van der Waals surface area contributed by atoms with Crippen LogP contribution in [-0.4, -0.2) is 7.11 Å². The van der Waals surface area contributed by atoms with Crippen LogP contribution in [0, 0.1) is 18.3 Å². The fourth-order valence-corrected chi connectivity index (χ4v) is 2.13. The molecule has 3 heteroatoms. The van der Waals surface area contributed by atoms with Crippen LogP contribution in [0.15, 0.2) is 42.5 Å². The van der Waals surface area contributed by atoms with Crippen molar-refractivity contribution in [2.75, 3.05) is 12.4 Å². The molecule has 0 fully saturated rings. The number of aryl methyl sites for hydroxylation is 1. The van der Waals surface area contributed by atoms with Crippen LogP contribution >= 0.6 is 0 Å². The van der Waals surface area contributed by atoms with Crippen LogP contribution in [0.1, 0.15) is 29.7 Å². The Morgan fingerprint density at radius 1 is 1.20 bits per heavy atom. The van der Waals surface area contributed by atoms with Gasteiger partial charge < -0.3 is 10.1 Å². The van der Waals surface area contributed by atoms with Gasteiger partial charge in [0.2, 0.25) is 0 Å². The topological polar surface area (TPSA) is 45.0 Å². The first-order chi connectivity index (χ1) is 9.63. The van der Waals surface area contributed by atoms with Crippen LogP contribution < -0.4 is 10.1 Å². The van der Waals surface area contributed by atoms with Crippen molar-refractivity contribution >= 4 is 5.69 Å². The molecule has 102 valence electrons. The minimum atomic E-state index is 0.0963. The fraction of sp³-hybridized carbons (Fsp3) is 0.235. The summed E-state index contributed by atoms with van der Waals surface area (Å²) in [5.74, 6) is 0.818. The largest absolute Gasteiger partial charge is 0.495 e. The lowest BCUT2D eigenvalue weighted by Crippen LogP contribution is -2.08. The summed E-state index contributed by atoms with van der Waals surface area (Å²) in [7, 11) is 1.66. The van der Waals surface area contributed by atoms with Crippen molar-refractivity contribution in [3.63, 3.8) is 0 Å². The molecule has 2 aromatic carbocycles. The zero-order chi connectivity index (χ0) is 14.5. The number of hydrogen-bond donors (Lipinski definition) is 1. The van der Waals surface area contributed by atoms with E-state index in [0.29, 0.717) is 5.56 Å². The number of ether oxygens (including phenoxy) is 1. The number of methoxy groups -OCH3 is 1. The van der Waals surface area contributed by atoms with Gasteiger partial charge >= 0.3 is 0 Å². The third kappa shape index (κ3) is 3.10. The van der Waals surface area contributed by atoms with Crippen molar-refractivity contribution < 1.29 is 4.74 Å². The maximum Gasteiger partial charge on any atom is 0.141 e. The molecule has 2 rings (SSSR count). The van der Waals surface area contributed by atoms with Crippen molar-refractivity contribution in [3.8, 4) is 11.8 Å². The second-order valence-corrected chi connectivity index (χ2v) is 4.81. The summed E-state index contributed by atoms with van der Waals surface area (Å²) in [6.45, 7) is 4.11. The minimum absolute atomic E-state index is 0.0963. The SMILES string of the molecule is COc1ccc(C)cc1NC(C)c1cccc(C#N)c1. The Morgan fingerprint density at radius 2 is 2.00 bits per heavy atom. The normalized spacial score (nSPS) is 11.5. The summed E-state index contributed by atoms with van der Waals surface area (Å²) < 4.78 is 5.37. The van der Waals surface area contributed by atoms with E-state index in [1.165, 1.54) is 5.56 Å². The molecule has 0 aromatic heterocycles. The van der Waals surface area contributed by atoms with Gasteiger partial charge in [-0.05, 0) is 49.2 Å². The Kier molecular flexibility index (Phi) is 4.27. The van der Waals surface area contributed by atoms with E-state index in [0.717, 1.165) is 17.0 Å². The molecule has 3 nitrogen and oxygen atoms in total. The van der Waals surface area contributed by atoms with Crippen molar-refractivity contribution in [1.82, 2.24) is 0 Å². The molecule has 0 bridgehead atoms. The summed E-state index contributed by atoms with van der Waals surface area (Å²) in [6, 6.07) is 15.9. The predicted octanol–water partition coefficient (Wildman–Crippen LogP) is 4.05. The highest BCUT2D eigenvalue weighted by Crippen LogP contribution is 2.29. The minimum Gasteiger partial charge on any atom is -0.495 e. The van der Waals surface area contributed by atoms with Crippen molar-refractivity contribution in [2.24, 2.45) is 0 Å². The molecule has 0 aliphatic carbocycles. The first-order valence-corrected chi connectivity index (χ1v) is 6.55. The summed E-state index contributed by atoms with van der Waals surface area (Å²) in [4.78, 5) is 0. The first-order valence-electron chi connectivity index (χ1n) is 6.55. The number of anilines is 1. The smallest absolute Gasteiger partial charge is 0.141 e. The molecule has 0 heterocycles. The lowest BCUT2D eigenvalue weighted by atomic mass is 10.0. The number of benzene rings is 2. The number of rotatable bonds is 4. The van der Waals surface area contributed by atoms with Crippen molar-refractivity contribution in [1.29, 1.82) is 5.26 Å². The van der Waals surface area contributed by atoms with Crippen LogP contribution in [0.4, 0.5) is 5.69 Å². The van der Waals surface area contributed by atoms with Crippen LogP contribution in [0.25, 0.3) is 0 Å². The van der Waals surface area contributed by atoms with E-state index in [-0.39, 0.29) is 6.04 Å². The van der Waals surface area contributed by atoms with Gasteiger partial charge in [-0.3, -0.25) is 0 Å². The average molecular weight is 266 g/mol. The Morgan fingerprint density at radius 3 is 2.70 bits per heavy atom. The quantitative estimate of drug-likeness (QED) is 0.908. The monoisotopic (exact) mass is 266 g/mol. The molecular formula is C17H18N2O. The molecule has 0 aliphatic heterocycles. The lowest BCUT2D eigenvalue weighted by Gasteiger charge is -2.18. The van der Waals surface area contributed by atoms with E-state index in [1.54, 1.807) is 7.11 Å². The first kappa shape index (κ1) is 14.0. The third-order valence-electron chi connectivity index (χ3n) is 3.24. The number of nitriles is 1. The molecular weight excluding hydrogens is 248 g/mol. The van der Waals surface area contributed by atoms with E-state index in [4.69, 9.17) is 10.00 Å². The summed E-state index contributed by atoms with van der Waals surface area (Å²) in [6.07, 6.45) is 0. The summed E-state index contributed by atoms with van der Waals surface area (Å²) in [5.41, 5.74) is 3.88. The van der Waals surface area contributed by atoms with Gasteiger partial charge in [-0.15, -0.1) is 0 Å². The molecule has 2 aromatic rings. The molecule has 1 N–H and O–H groups in total. The lowest BCUT2D eigenvalue weighted by molar-refractivity contribution is 0.416. The highest BCUT2D eigenvalue weighted by Gasteiger charge is 2.09. The van der Waals surface area contributed by atoms with E-state index in [9.17, 15) is 0 Å². The van der Waals surface area contributed by atoms with Crippen LogP contribution in [0.3, 0.4) is 0 Å². The molecule has 0 saturated carbocycles.